The van der Waals surface area contributed by atoms with E-state index in [1.807, 2.05) is 26.0 Å². The van der Waals surface area contributed by atoms with Crippen LogP contribution in [0, 0.1) is 24.0 Å². The zero-order valence-corrected chi connectivity index (χ0v) is 21.0. The maximum absolute atomic E-state index is 13.1. The van der Waals surface area contributed by atoms with Crippen molar-refractivity contribution in [3.05, 3.63) is 69.4 Å². The van der Waals surface area contributed by atoms with Gasteiger partial charge >= 0.3 is 0 Å². The molecule has 1 amide bonds. The van der Waals surface area contributed by atoms with Gasteiger partial charge in [-0.05, 0) is 51.3 Å². The van der Waals surface area contributed by atoms with Gasteiger partial charge in [-0.25, -0.2) is 13.1 Å². The zero-order chi connectivity index (χ0) is 26.0. The van der Waals surface area contributed by atoms with Crippen LogP contribution in [0.1, 0.15) is 47.8 Å². The summed E-state index contributed by atoms with van der Waals surface area (Å²) < 4.78 is 36.2. The van der Waals surface area contributed by atoms with Crippen molar-refractivity contribution < 1.29 is 22.9 Å². The minimum absolute atomic E-state index is 0.120. The van der Waals surface area contributed by atoms with Gasteiger partial charge in [0.25, 0.3) is 11.6 Å². The summed E-state index contributed by atoms with van der Waals surface area (Å²) in [6.45, 7) is 5.97. The number of sulfonamides is 1. The first-order valence-corrected chi connectivity index (χ1v) is 13.0. The van der Waals surface area contributed by atoms with E-state index in [9.17, 15) is 23.3 Å². The van der Waals surface area contributed by atoms with E-state index in [0.29, 0.717) is 30.6 Å². The Hall–Kier alpha value is -3.77. The van der Waals surface area contributed by atoms with Crippen LogP contribution in [-0.2, 0) is 10.0 Å². The molecule has 1 heterocycles. The molecule has 4 rings (SSSR count). The largest absolute Gasteiger partial charge is 0.437 e. The highest BCUT2D eigenvalue weighted by Crippen LogP contribution is 2.36. The van der Waals surface area contributed by atoms with Crippen LogP contribution in [-0.4, -0.2) is 41.6 Å². The number of hydrogen-bond donors (Lipinski definition) is 2. The molecule has 2 aromatic carbocycles. The minimum Gasteiger partial charge on any atom is -0.437 e. The predicted molar refractivity (Wildman–Crippen MR) is 132 cm³/mol. The van der Waals surface area contributed by atoms with E-state index in [2.05, 4.69) is 15.1 Å². The molecule has 3 aromatic rings. The van der Waals surface area contributed by atoms with Gasteiger partial charge in [0.1, 0.15) is 10.6 Å². The Balaban J connectivity index is 1.83. The van der Waals surface area contributed by atoms with Crippen molar-refractivity contribution in [3.8, 4) is 17.3 Å². The van der Waals surface area contributed by atoms with Gasteiger partial charge in [0.2, 0.25) is 15.9 Å². The van der Waals surface area contributed by atoms with Crippen LogP contribution in [0.2, 0.25) is 0 Å². The van der Waals surface area contributed by atoms with E-state index < -0.39 is 20.9 Å². The molecule has 1 aromatic heterocycles. The third-order valence-electron chi connectivity index (χ3n) is 5.63. The summed E-state index contributed by atoms with van der Waals surface area (Å²) in [6.07, 6.45) is 2.13. The number of rotatable bonds is 10. The summed E-state index contributed by atoms with van der Waals surface area (Å²) in [7, 11) is -4.11. The number of nitrogens with one attached hydrogen (secondary N) is 2. The lowest BCUT2D eigenvalue weighted by molar-refractivity contribution is -0.385. The molecule has 0 radical (unpaired) electrons. The number of nitrogens with zero attached hydrogens (tertiary/aromatic N) is 3. The van der Waals surface area contributed by atoms with Crippen LogP contribution in [0.25, 0.3) is 5.69 Å². The molecule has 0 saturated heterocycles. The van der Waals surface area contributed by atoms with E-state index in [1.165, 1.54) is 16.8 Å². The van der Waals surface area contributed by atoms with Crippen LogP contribution in [0.15, 0.2) is 47.4 Å². The second-order valence-corrected chi connectivity index (χ2v) is 10.4. The lowest BCUT2D eigenvalue weighted by Gasteiger charge is -2.14. The number of ether oxygens (including phenoxy) is 1. The van der Waals surface area contributed by atoms with Crippen molar-refractivity contribution in [3.63, 3.8) is 0 Å². The minimum atomic E-state index is -4.11. The molecule has 2 N–H and O–H groups in total. The topological polar surface area (TPSA) is 145 Å². The fraction of sp³-hybridized carbons (Fsp3) is 0.333. The number of hydrogen-bond acceptors (Lipinski definition) is 7. The van der Waals surface area contributed by atoms with Crippen molar-refractivity contribution in [2.24, 2.45) is 0 Å². The quantitative estimate of drug-likeness (QED) is 0.310. The van der Waals surface area contributed by atoms with Crippen LogP contribution in [0.4, 0.5) is 5.69 Å². The molecule has 11 nitrogen and oxygen atoms in total. The van der Waals surface area contributed by atoms with Gasteiger partial charge in [0.05, 0.1) is 10.6 Å². The van der Waals surface area contributed by atoms with Gasteiger partial charge in [-0.1, -0.05) is 24.6 Å². The molecule has 1 saturated carbocycles. The highest BCUT2D eigenvalue weighted by atomic mass is 32.2. The second-order valence-electron chi connectivity index (χ2n) is 8.67. The molecule has 12 heteroatoms. The Kier molecular flexibility index (Phi) is 7.09. The number of benzene rings is 2. The molecule has 0 aliphatic heterocycles. The van der Waals surface area contributed by atoms with Crippen molar-refractivity contribution in [1.29, 1.82) is 0 Å². The van der Waals surface area contributed by atoms with Gasteiger partial charge in [0.15, 0.2) is 5.69 Å². The molecular formula is C24H27N5O6S. The Morgan fingerprint density at radius 1 is 1.19 bits per heavy atom. The normalized spacial score (nSPS) is 13.4. The number of carbonyl (C=O) groups excluding carboxylic acids is 1. The average Bonchev–Trinajstić information content (AvgIpc) is 3.59. The molecule has 190 valence electrons. The van der Waals surface area contributed by atoms with Crippen LogP contribution in [0.5, 0.6) is 11.6 Å². The fourth-order valence-corrected chi connectivity index (χ4v) is 4.94. The Labute approximate surface area is 208 Å². The van der Waals surface area contributed by atoms with Gasteiger partial charge in [0, 0.05) is 30.3 Å². The first-order valence-electron chi connectivity index (χ1n) is 11.5. The summed E-state index contributed by atoms with van der Waals surface area (Å²) in [5.74, 6) is -0.389. The summed E-state index contributed by atoms with van der Waals surface area (Å²) in [6, 6.07) is 10.5. The zero-order valence-electron chi connectivity index (χ0n) is 20.1. The number of amides is 1. The number of non-ortho nitro benzene ring substituents is 1. The van der Waals surface area contributed by atoms with Crippen molar-refractivity contribution in [1.82, 2.24) is 19.8 Å². The maximum Gasteiger partial charge on any atom is 0.272 e. The number of nitro groups is 1. The predicted octanol–water partition coefficient (Wildman–Crippen LogP) is 3.77. The van der Waals surface area contributed by atoms with E-state index in [1.54, 1.807) is 19.1 Å². The molecule has 1 aliphatic rings. The molecule has 0 unspecified atom stereocenters. The van der Waals surface area contributed by atoms with E-state index in [-0.39, 0.29) is 33.9 Å². The molecule has 0 spiro atoms. The van der Waals surface area contributed by atoms with E-state index in [0.717, 1.165) is 18.1 Å². The molecular weight excluding hydrogens is 486 g/mol. The smallest absolute Gasteiger partial charge is 0.272 e. The van der Waals surface area contributed by atoms with Gasteiger partial charge < -0.3 is 10.1 Å². The molecule has 1 fully saturated rings. The maximum atomic E-state index is 13.1. The molecule has 1 aliphatic carbocycles. The first-order chi connectivity index (χ1) is 17.1. The summed E-state index contributed by atoms with van der Waals surface area (Å²) in [4.78, 5) is 23.1. The fourth-order valence-electron chi connectivity index (χ4n) is 3.49. The van der Waals surface area contributed by atoms with Crippen molar-refractivity contribution in [2.45, 2.75) is 51.0 Å². The number of carbonyl (C=O) groups is 1. The first kappa shape index (κ1) is 25.3. The number of aromatic nitrogens is 2. The number of nitro benzene ring substituents is 1. The average molecular weight is 514 g/mol. The van der Waals surface area contributed by atoms with Gasteiger partial charge in [-0.2, -0.15) is 9.78 Å². The Morgan fingerprint density at radius 2 is 1.89 bits per heavy atom. The highest BCUT2D eigenvalue weighted by Gasteiger charge is 2.32. The third kappa shape index (κ3) is 5.39. The lowest BCUT2D eigenvalue weighted by Crippen LogP contribution is -2.26. The van der Waals surface area contributed by atoms with Gasteiger partial charge in [-0.3, -0.25) is 14.9 Å². The molecule has 0 atom stereocenters. The SMILES string of the molecule is CCCNC(=O)c1nn(-c2ccc(C)cc2)c(Oc2ccc([N+](=O)[O-])cc2S(=O)(=O)NC2CC2)c1C. The summed E-state index contributed by atoms with van der Waals surface area (Å²) in [5.41, 5.74) is 1.74. The summed E-state index contributed by atoms with van der Waals surface area (Å²) >= 11 is 0. The molecule has 36 heavy (non-hydrogen) atoms. The standard InChI is InChI=1S/C24H27N5O6S/c1-4-13-25-23(30)22-16(3)24(28(26-22)18-9-5-15(2)6-10-18)35-20-12-11-19(29(31)32)14-21(20)36(33,34)27-17-7-8-17/h5-6,9-12,14,17,27H,4,7-8,13H2,1-3H3,(H,25,30). The highest BCUT2D eigenvalue weighted by molar-refractivity contribution is 7.89. The monoisotopic (exact) mass is 513 g/mol. The van der Waals surface area contributed by atoms with E-state index >= 15 is 0 Å². The van der Waals surface area contributed by atoms with Crippen LogP contribution < -0.4 is 14.8 Å². The Bertz CT molecular complexity index is 1410. The second kappa shape index (κ2) is 10.1. The number of aryl methyl sites for hydroxylation is 1. The van der Waals surface area contributed by atoms with Crippen LogP contribution in [0.3, 0.4) is 0 Å². The van der Waals surface area contributed by atoms with Crippen molar-refractivity contribution in [2.75, 3.05) is 6.54 Å². The molecule has 0 bridgehead atoms. The van der Waals surface area contributed by atoms with E-state index in [4.69, 9.17) is 4.74 Å². The third-order valence-corrected chi connectivity index (χ3v) is 7.17. The Morgan fingerprint density at radius 3 is 2.50 bits per heavy atom. The lowest BCUT2D eigenvalue weighted by atomic mass is 10.2. The van der Waals surface area contributed by atoms with Gasteiger partial charge in [-0.15, -0.1) is 0 Å². The summed E-state index contributed by atoms with van der Waals surface area (Å²) in [5, 5.41) is 18.6. The van der Waals surface area contributed by atoms with Crippen molar-refractivity contribution >= 4 is 21.6 Å². The van der Waals surface area contributed by atoms with Crippen LogP contribution >= 0.6 is 0 Å².